The number of nitrogens with zero attached hydrogens (tertiary/aromatic N) is 4. The molecule has 0 aliphatic carbocycles. The quantitative estimate of drug-likeness (QED) is 0.601. The topological polar surface area (TPSA) is 72.7 Å². The molecule has 2 heterocycles. The molecular weight excluding hydrogens is 377 g/mol. The van der Waals surface area contributed by atoms with Gasteiger partial charge in [0.1, 0.15) is 5.82 Å². The minimum atomic E-state index is -0.401. The lowest BCUT2D eigenvalue weighted by Gasteiger charge is -2.15. The average molecular weight is 399 g/mol. The van der Waals surface area contributed by atoms with Gasteiger partial charge in [-0.05, 0) is 49.2 Å². The number of carbonyl (C=O) groups excluding carboxylic acids is 1. The number of hydrogen-bond donors (Lipinski definition) is 1. The minimum absolute atomic E-state index is 0.182. The standard InChI is InChI=1S/C20H22FN5OS/c1-13(2)12-26-18(15-5-4-10-22-11-15)24-25-20(26)28-14(3)19(27)23-17-8-6-16(21)7-9-17/h4-11,13-14H,12H2,1-3H3,(H,23,27)/t14-/m0/s1. The Morgan fingerprint density at radius 3 is 2.57 bits per heavy atom. The van der Waals surface area contributed by atoms with Crippen molar-refractivity contribution in [3.63, 3.8) is 0 Å². The number of benzene rings is 1. The summed E-state index contributed by atoms with van der Waals surface area (Å²) in [4.78, 5) is 16.7. The van der Waals surface area contributed by atoms with Gasteiger partial charge in [0.15, 0.2) is 11.0 Å². The van der Waals surface area contributed by atoms with Gasteiger partial charge in [0.25, 0.3) is 0 Å². The Balaban J connectivity index is 1.78. The molecule has 8 heteroatoms. The van der Waals surface area contributed by atoms with Crippen LogP contribution in [0.1, 0.15) is 20.8 Å². The summed E-state index contributed by atoms with van der Waals surface area (Å²) in [5.74, 6) is 0.591. The van der Waals surface area contributed by atoms with Crippen molar-refractivity contribution in [2.75, 3.05) is 5.32 Å². The fraction of sp³-hybridized carbons (Fsp3) is 0.300. The Kier molecular flexibility index (Phi) is 6.41. The monoisotopic (exact) mass is 399 g/mol. The summed E-state index contributed by atoms with van der Waals surface area (Å²) >= 11 is 1.34. The summed E-state index contributed by atoms with van der Waals surface area (Å²) in [5.41, 5.74) is 1.43. The van der Waals surface area contributed by atoms with Crippen LogP contribution in [0.3, 0.4) is 0 Å². The number of anilines is 1. The maximum absolute atomic E-state index is 13.0. The van der Waals surface area contributed by atoms with Crippen molar-refractivity contribution >= 4 is 23.4 Å². The number of thioether (sulfide) groups is 1. The SMILES string of the molecule is CC(C)Cn1c(S[C@@H](C)C(=O)Nc2ccc(F)cc2)nnc1-c1cccnc1. The van der Waals surface area contributed by atoms with Gasteiger partial charge in [-0.25, -0.2) is 4.39 Å². The molecule has 0 fully saturated rings. The summed E-state index contributed by atoms with van der Waals surface area (Å²) in [6.45, 7) is 6.77. The molecule has 0 aliphatic rings. The normalized spacial score (nSPS) is 12.2. The minimum Gasteiger partial charge on any atom is -0.325 e. The van der Waals surface area contributed by atoms with Crippen molar-refractivity contribution in [1.29, 1.82) is 0 Å². The zero-order chi connectivity index (χ0) is 20.1. The van der Waals surface area contributed by atoms with Crippen LogP contribution >= 0.6 is 11.8 Å². The number of aromatic nitrogens is 4. The van der Waals surface area contributed by atoms with Crippen LogP contribution in [0.15, 0.2) is 53.9 Å². The van der Waals surface area contributed by atoms with Crippen molar-refractivity contribution in [2.45, 2.75) is 37.7 Å². The molecule has 3 rings (SSSR count). The van der Waals surface area contributed by atoms with Crippen LogP contribution in [-0.4, -0.2) is 30.9 Å². The second kappa shape index (κ2) is 8.97. The molecule has 146 valence electrons. The summed E-state index contributed by atoms with van der Waals surface area (Å²) in [7, 11) is 0. The second-order valence-corrected chi connectivity index (χ2v) is 8.12. The van der Waals surface area contributed by atoms with E-state index in [1.54, 1.807) is 12.4 Å². The van der Waals surface area contributed by atoms with Gasteiger partial charge in [0.2, 0.25) is 5.91 Å². The van der Waals surface area contributed by atoms with E-state index >= 15 is 0 Å². The van der Waals surface area contributed by atoms with E-state index in [4.69, 9.17) is 0 Å². The molecule has 28 heavy (non-hydrogen) atoms. The number of amides is 1. The molecule has 0 unspecified atom stereocenters. The molecule has 2 aromatic heterocycles. The van der Waals surface area contributed by atoms with Crippen molar-refractivity contribution in [2.24, 2.45) is 5.92 Å². The van der Waals surface area contributed by atoms with E-state index in [9.17, 15) is 9.18 Å². The van der Waals surface area contributed by atoms with Crippen molar-refractivity contribution in [3.8, 4) is 11.4 Å². The highest BCUT2D eigenvalue weighted by Gasteiger charge is 2.21. The molecule has 3 aromatic rings. The zero-order valence-electron chi connectivity index (χ0n) is 16.0. The Hall–Kier alpha value is -2.74. The van der Waals surface area contributed by atoms with E-state index in [0.29, 0.717) is 16.8 Å². The van der Waals surface area contributed by atoms with Gasteiger partial charge in [0, 0.05) is 30.2 Å². The Bertz CT molecular complexity index is 928. The maximum Gasteiger partial charge on any atom is 0.237 e. The maximum atomic E-state index is 13.0. The smallest absolute Gasteiger partial charge is 0.237 e. The number of halogens is 1. The third-order valence-electron chi connectivity index (χ3n) is 3.95. The molecule has 0 saturated carbocycles. The van der Waals surface area contributed by atoms with E-state index in [0.717, 1.165) is 17.9 Å². The van der Waals surface area contributed by atoms with Crippen LogP contribution in [-0.2, 0) is 11.3 Å². The van der Waals surface area contributed by atoms with E-state index in [1.165, 1.54) is 36.0 Å². The molecule has 1 N–H and O–H groups in total. The van der Waals surface area contributed by atoms with Gasteiger partial charge in [0.05, 0.1) is 5.25 Å². The summed E-state index contributed by atoms with van der Waals surface area (Å²) < 4.78 is 15.0. The third kappa shape index (κ3) is 4.95. The van der Waals surface area contributed by atoms with E-state index in [1.807, 2.05) is 23.6 Å². The first kappa shape index (κ1) is 20.0. The largest absolute Gasteiger partial charge is 0.325 e. The number of pyridine rings is 1. The van der Waals surface area contributed by atoms with Crippen LogP contribution in [0.5, 0.6) is 0 Å². The Labute approximate surface area is 167 Å². The first-order valence-electron chi connectivity index (χ1n) is 9.00. The van der Waals surface area contributed by atoms with Crippen LogP contribution in [0, 0.1) is 11.7 Å². The van der Waals surface area contributed by atoms with Gasteiger partial charge in [-0.2, -0.15) is 0 Å². The van der Waals surface area contributed by atoms with Crippen LogP contribution in [0.25, 0.3) is 11.4 Å². The molecule has 0 saturated heterocycles. The summed E-state index contributed by atoms with van der Waals surface area (Å²) in [6.07, 6.45) is 3.46. The first-order chi connectivity index (χ1) is 13.4. The molecule has 6 nitrogen and oxygen atoms in total. The predicted molar refractivity (Wildman–Crippen MR) is 108 cm³/mol. The highest BCUT2D eigenvalue weighted by Crippen LogP contribution is 2.28. The Morgan fingerprint density at radius 1 is 1.18 bits per heavy atom. The molecular formula is C20H22FN5OS. The van der Waals surface area contributed by atoms with Crippen LogP contribution in [0.4, 0.5) is 10.1 Å². The molecule has 1 atom stereocenters. The van der Waals surface area contributed by atoms with Gasteiger partial charge >= 0.3 is 0 Å². The number of carbonyl (C=O) groups is 1. The number of rotatable bonds is 7. The van der Waals surface area contributed by atoms with Crippen molar-refractivity contribution in [3.05, 3.63) is 54.6 Å². The fourth-order valence-electron chi connectivity index (χ4n) is 2.60. The highest BCUT2D eigenvalue weighted by atomic mass is 32.2. The molecule has 1 aromatic carbocycles. The fourth-order valence-corrected chi connectivity index (χ4v) is 3.46. The lowest BCUT2D eigenvalue weighted by atomic mass is 10.2. The lowest BCUT2D eigenvalue weighted by molar-refractivity contribution is -0.115. The van der Waals surface area contributed by atoms with Crippen LogP contribution in [0.2, 0.25) is 0 Å². The summed E-state index contributed by atoms with van der Waals surface area (Å²) in [6, 6.07) is 9.49. The lowest BCUT2D eigenvalue weighted by Crippen LogP contribution is -2.23. The van der Waals surface area contributed by atoms with Crippen LogP contribution < -0.4 is 5.32 Å². The van der Waals surface area contributed by atoms with Gasteiger partial charge in [-0.15, -0.1) is 10.2 Å². The third-order valence-corrected chi connectivity index (χ3v) is 5.03. The van der Waals surface area contributed by atoms with E-state index in [-0.39, 0.29) is 11.7 Å². The second-order valence-electron chi connectivity index (χ2n) is 6.81. The number of hydrogen-bond acceptors (Lipinski definition) is 5. The molecule has 0 bridgehead atoms. The van der Waals surface area contributed by atoms with Gasteiger partial charge in [-0.1, -0.05) is 25.6 Å². The van der Waals surface area contributed by atoms with E-state index < -0.39 is 5.25 Å². The molecule has 0 radical (unpaired) electrons. The zero-order valence-corrected chi connectivity index (χ0v) is 16.8. The highest BCUT2D eigenvalue weighted by molar-refractivity contribution is 8.00. The van der Waals surface area contributed by atoms with Crippen molar-refractivity contribution < 1.29 is 9.18 Å². The number of nitrogens with one attached hydrogen (secondary N) is 1. The summed E-state index contributed by atoms with van der Waals surface area (Å²) in [5, 5.41) is 11.7. The first-order valence-corrected chi connectivity index (χ1v) is 9.88. The van der Waals surface area contributed by atoms with Gasteiger partial charge in [-0.3, -0.25) is 9.78 Å². The predicted octanol–water partition coefficient (Wildman–Crippen LogP) is 4.25. The average Bonchev–Trinajstić information content (AvgIpc) is 3.06. The molecule has 0 spiro atoms. The Morgan fingerprint density at radius 2 is 1.93 bits per heavy atom. The molecule has 1 amide bonds. The molecule has 0 aliphatic heterocycles. The van der Waals surface area contributed by atoms with Crippen molar-refractivity contribution in [1.82, 2.24) is 19.7 Å². The van der Waals surface area contributed by atoms with E-state index in [2.05, 4.69) is 34.3 Å². The van der Waals surface area contributed by atoms with Gasteiger partial charge < -0.3 is 9.88 Å².